The number of nitrogen functional groups attached to an aromatic ring is 1. The number of aromatic nitrogens is 1. The number of hydrogen-bond acceptors (Lipinski definition) is 7. The number of carbonyl (C=O) groups excluding carboxylic acids is 1. The summed E-state index contributed by atoms with van der Waals surface area (Å²) >= 11 is 5.71. The third kappa shape index (κ3) is 8.37. The second-order valence-electron chi connectivity index (χ2n) is 6.90. The average Bonchev–Trinajstić information content (AvgIpc) is 3.10. The van der Waals surface area contributed by atoms with E-state index in [0.29, 0.717) is 33.9 Å². The molecular formula is C21H28ClN5O4S. The van der Waals surface area contributed by atoms with E-state index in [4.69, 9.17) is 21.8 Å². The summed E-state index contributed by atoms with van der Waals surface area (Å²) in [7, 11) is -3.30. The van der Waals surface area contributed by atoms with Crippen molar-refractivity contribution in [3.63, 3.8) is 0 Å². The highest BCUT2D eigenvalue weighted by atomic mass is 35.5. The van der Waals surface area contributed by atoms with E-state index >= 15 is 0 Å². The molecule has 0 aliphatic carbocycles. The number of nitrogens with zero attached hydrogens (tertiary/aromatic N) is 2. The Morgan fingerprint density at radius 3 is 2.41 bits per heavy atom. The Hall–Kier alpha value is -2.82. The number of nitrogens with two attached hydrogens (primary N) is 1. The Balaban J connectivity index is 0.000000273. The molecule has 0 radical (unpaired) electrons. The van der Waals surface area contributed by atoms with Gasteiger partial charge in [-0.15, -0.1) is 0 Å². The second-order valence-corrected chi connectivity index (χ2v) is 9.08. The first-order valence-corrected chi connectivity index (χ1v) is 12.3. The topological polar surface area (TPSA) is 131 Å². The largest absolute Gasteiger partial charge is 0.424 e. The van der Waals surface area contributed by atoms with Crippen LogP contribution >= 0.6 is 11.6 Å². The van der Waals surface area contributed by atoms with E-state index in [-0.39, 0.29) is 11.9 Å². The highest BCUT2D eigenvalue weighted by Gasteiger charge is 2.07. The summed E-state index contributed by atoms with van der Waals surface area (Å²) in [5, 5.41) is 3.48. The Bertz CT molecular complexity index is 1130. The quantitative estimate of drug-likeness (QED) is 0.450. The van der Waals surface area contributed by atoms with Crippen LogP contribution in [0.25, 0.3) is 11.1 Å². The van der Waals surface area contributed by atoms with Gasteiger partial charge in [0.1, 0.15) is 5.52 Å². The monoisotopic (exact) mass is 481 g/mol. The Morgan fingerprint density at radius 2 is 1.81 bits per heavy atom. The van der Waals surface area contributed by atoms with Crippen molar-refractivity contribution in [3.8, 4) is 0 Å². The minimum absolute atomic E-state index is 0.159. The van der Waals surface area contributed by atoms with E-state index in [2.05, 4.69) is 33.8 Å². The average molecular weight is 482 g/mol. The van der Waals surface area contributed by atoms with Gasteiger partial charge in [0.15, 0.2) is 5.58 Å². The van der Waals surface area contributed by atoms with Crippen molar-refractivity contribution in [3.05, 3.63) is 53.1 Å². The molecule has 0 unspecified atom stereocenters. The van der Waals surface area contributed by atoms with Crippen molar-refractivity contribution < 1.29 is 17.6 Å². The third-order valence-electron chi connectivity index (χ3n) is 4.42. The normalized spacial score (nSPS) is 11.2. The van der Waals surface area contributed by atoms with Crippen LogP contribution in [0, 0.1) is 0 Å². The summed E-state index contributed by atoms with van der Waals surface area (Å²) in [6.45, 7) is 7.48. The van der Waals surface area contributed by atoms with Gasteiger partial charge in [-0.1, -0.05) is 25.4 Å². The van der Waals surface area contributed by atoms with E-state index in [1.807, 2.05) is 0 Å². The van der Waals surface area contributed by atoms with Crippen molar-refractivity contribution in [2.24, 2.45) is 0 Å². The molecule has 3 rings (SSSR count). The number of carbonyl (C=O) groups is 1. The zero-order valence-electron chi connectivity index (χ0n) is 18.3. The number of likely N-dealkylation sites (N-methyl/N-ethyl adjacent to an activating group) is 1. The van der Waals surface area contributed by atoms with Crippen molar-refractivity contribution in [2.45, 2.75) is 13.8 Å². The number of halogens is 1. The van der Waals surface area contributed by atoms with Gasteiger partial charge in [-0.05, 0) is 55.6 Å². The number of anilines is 2. The lowest BCUT2D eigenvalue weighted by molar-refractivity contribution is 0.0949. The van der Waals surface area contributed by atoms with Crippen LogP contribution in [0.4, 0.5) is 11.7 Å². The molecule has 0 atom stereocenters. The van der Waals surface area contributed by atoms with Gasteiger partial charge in [-0.25, -0.2) is 8.42 Å². The van der Waals surface area contributed by atoms with Gasteiger partial charge < -0.3 is 20.4 Å². The maximum Gasteiger partial charge on any atom is 0.292 e. The van der Waals surface area contributed by atoms with E-state index < -0.39 is 10.0 Å². The van der Waals surface area contributed by atoms with Crippen LogP contribution in [0.3, 0.4) is 0 Å². The molecule has 4 N–H and O–H groups in total. The first-order valence-electron chi connectivity index (χ1n) is 10.0. The number of hydrogen-bond donors (Lipinski definition) is 3. The van der Waals surface area contributed by atoms with Gasteiger partial charge in [0.05, 0.1) is 6.26 Å². The molecule has 0 aliphatic rings. The summed E-state index contributed by atoms with van der Waals surface area (Å²) in [6, 6.07) is 11.7. The lowest BCUT2D eigenvalue weighted by Crippen LogP contribution is -2.34. The van der Waals surface area contributed by atoms with Crippen molar-refractivity contribution in [1.82, 2.24) is 15.2 Å². The summed E-state index contributed by atoms with van der Waals surface area (Å²) < 4.78 is 29.6. The SMILES string of the molecule is CCN(CC)CCNC(=O)c1ccc(NS(C)(=O)=O)cc1.Nc1nc2cc(Cl)ccc2o1. The van der Waals surface area contributed by atoms with Gasteiger partial charge in [-0.3, -0.25) is 9.52 Å². The first-order chi connectivity index (χ1) is 15.1. The molecule has 0 saturated carbocycles. The van der Waals surface area contributed by atoms with Gasteiger partial charge in [-0.2, -0.15) is 4.98 Å². The predicted molar refractivity (Wildman–Crippen MR) is 128 cm³/mol. The smallest absolute Gasteiger partial charge is 0.292 e. The molecule has 11 heteroatoms. The standard InChI is InChI=1S/C14H23N3O3S.C7H5ClN2O/c1-4-17(5-2)11-10-15-14(18)12-6-8-13(9-7-12)16-21(3,19)20;8-4-1-2-6-5(3-4)10-7(9)11-6/h6-9,16H,4-5,10-11H2,1-3H3,(H,15,18);1-3H,(H2,9,10). The number of fused-ring (bicyclic) bond motifs is 1. The molecule has 0 bridgehead atoms. The number of oxazole rings is 1. The van der Waals surface area contributed by atoms with Crippen molar-refractivity contribution in [1.29, 1.82) is 0 Å². The lowest BCUT2D eigenvalue weighted by Gasteiger charge is -2.17. The maximum absolute atomic E-state index is 11.9. The van der Waals surface area contributed by atoms with Crippen LogP contribution in [-0.2, 0) is 10.0 Å². The van der Waals surface area contributed by atoms with Crippen LogP contribution in [0.1, 0.15) is 24.2 Å². The zero-order chi connectivity index (χ0) is 23.7. The van der Waals surface area contributed by atoms with Crippen molar-refractivity contribution in [2.75, 3.05) is 42.9 Å². The third-order valence-corrected chi connectivity index (χ3v) is 5.27. The minimum Gasteiger partial charge on any atom is -0.424 e. The minimum atomic E-state index is -3.30. The molecule has 0 aliphatic heterocycles. The second kappa shape index (κ2) is 11.7. The molecule has 9 nitrogen and oxygen atoms in total. The van der Waals surface area contributed by atoms with Gasteiger partial charge >= 0.3 is 0 Å². The van der Waals surface area contributed by atoms with E-state index in [0.717, 1.165) is 25.9 Å². The highest BCUT2D eigenvalue weighted by molar-refractivity contribution is 7.92. The fourth-order valence-electron chi connectivity index (χ4n) is 2.79. The molecule has 0 saturated heterocycles. The lowest BCUT2D eigenvalue weighted by atomic mass is 10.2. The summed E-state index contributed by atoms with van der Waals surface area (Å²) in [5.41, 5.74) is 7.62. The van der Waals surface area contributed by atoms with Crippen LogP contribution in [0.5, 0.6) is 0 Å². The molecular weight excluding hydrogens is 454 g/mol. The fraction of sp³-hybridized carbons (Fsp3) is 0.333. The molecule has 1 aromatic heterocycles. The number of sulfonamides is 1. The predicted octanol–water partition coefficient (Wildman–Crippen LogP) is 3.19. The molecule has 1 heterocycles. The zero-order valence-corrected chi connectivity index (χ0v) is 19.8. The molecule has 174 valence electrons. The fourth-order valence-corrected chi connectivity index (χ4v) is 3.52. The molecule has 32 heavy (non-hydrogen) atoms. The van der Waals surface area contributed by atoms with Crippen molar-refractivity contribution >= 4 is 50.3 Å². The van der Waals surface area contributed by atoms with E-state index in [9.17, 15) is 13.2 Å². The van der Waals surface area contributed by atoms with E-state index in [1.165, 1.54) is 0 Å². The summed E-state index contributed by atoms with van der Waals surface area (Å²) in [4.78, 5) is 18.1. The number of amides is 1. The number of benzene rings is 2. The first kappa shape index (κ1) is 25.4. The molecule has 3 aromatic rings. The summed E-state index contributed by atoms with van der Waals surface area (Å²) in [5.74, 6) is -0.159. The van der Waals surface area contributed by atoms with Crippen LogP contribution in [0.15, 0.2) is 46.9 Å². The summed E-state index contributed by atoms with van der Waals surface area (Å²) in [6.07, 6.45) is 1.08. The number of rotatable bonds is 8. The van der Waals surface area contributed by atoms with E-state index in [1.54, 1.807) is 42.5 Å². The van der Waals surface area contributed by atoms with Gasteiger partial charge in [0, 0.05) is 29.4 Å². The Morgan fingerprint density at radius 1 is 1.16 bits per heavy atom. The molecule has 1 amide bonds. The van der Waals surface area contributed by atoms with Crippen LogP contribution < -0.4 is 15.8 Å². The highest BCUT2D eigenvalue weighted by Crippen LogP contribution is 2.20. The number of nitrogens with one attached hydrogen (secondary N) is 2. The molecule has 2 aromatic carbocycles. The molecule has 0 spiro atoms. The van der Waals surface area contributed by atoms with Gasteiger partial charge in [0.25, 0.3) is 11.9 Å². The van der Waals surface area contributed by atoms with Gasteiger partial charge in [0.2, 0.25) is 10.0 Å². The Labute approximate surface area is 193 Å². The van der Waals surface area contributed by atoms with Crippen LogP contribution in [-0.4, -0.2) is 56.6 Å². The Kier molecular flexibility index (Phi) is 9.30. The maximum atomic E-state index is 11.9. The molecule has 0 fully saturated rings. The van der Waals surface area contributed by atoms with Crippen LogP contribution in [0.2, 0.25) is 5.02 Å².